The summed E-state index contributed by atoms with van der Waals surface area (Å²) in [4.78, 5) is 1.34. The summed E-state index contributed by atoms with van der Waals surface area (Å²) in [7, 11) is 0. The molecule has 2 N–H and O–H groups in total. The van der Waals surface area contributed by atoms with Gasteiger partial charge in [0.1, 0.15) is 0 Å². The molecular formula is C8H13NS. The van der Waals surface area contributed by atoms with Gasteiger partial charge < -0.3 is 5.73 Å². The highest BCUT2D eigenvalue weighted by molar-refractivity contribution is 7.10. The fourth-order valence-corrected chi connectivity index (χ4v) is 1.96. The van der Waals surface area contributed by atoms with Crippen molar-refractivity contribution in [2.75, 3.05) is 0 Å². The molecule has 0 radical (unpaired) electrons. The molecule has 1 rings (SSSR count). The van der Waals surface area contributed by atoms with Gasteiger partial charge in [-0.15, -0.1) is 11.3 Å². The number of hydrogen-bond donors (Lipinski definition) is 1. The van der Waals surface area contributed by atoms with Crippen LogP contribution < -0.4 is 5.73 Å². The molecule has 0 aromatic carbocycles. The Bertz CT molecular complexity index is 205. The van der Waals surface area contributed by atoms with Crippen molar-refractivity contribution < 1.29 is 0 Å². The van der Waals surface area contributed by atoms with Crippen molar-refractivity contribution in [3.63, 3.8) is 0 Å². The van der Waals surface area contributed by atoms with Crippen molar-refractivity contribution >= 4 is 11.3 Å². The van der Waals surface area contributed by atoms with Crippen LogP contribution in [0.5, 0.6) is 0 Å². The van der Waals surface area contributed by atoms with Crippen LogP contribution in [-0.4, -0.2) is 0 Å². The number of thiophene rings is 1. The van der Waals surface area contributed by atoms with E-state index in [0.29, 0.717) is 0 Å². The first-order chi connectivity index (χ1) is 4.75. The topological polar surface area (TPSA) is 26.0 Å². The highest BCUT2D eigenvalue weighted by Gasteiger charge is 2.06. The molecule has 0 aliphatic rings. The first-order valence-electron chi connectivity index (χ1n) is 3.55. The van der Waals surface area contributed by atoms with Crippen LogP contribution in [0.3, 0.4) is 0 Å². The van der Waals surface area contributed by atoms with E-state index in [2.05, 4.69) is 25.3 Å². The largest absolute Gasteiger partial charge is 0.323 e. The maximum Gasteiger partial charge on any atom is 0.0389 e. The molecular weight excluding hydrogens is 142 g/mol. The molecule has 1 heterocycles. The van der Waals surface area contributed by atoms with Crippen LogP contribution in [0.1, 0.15) is 29.8 Å². The summed E-state index contributed by atoms with van der Waals surface area (Å²) in [6, 6.07) is 2.37. The van der Waals surface area contributed by atoms with Gasteiger partial charge in [-0.3, -0.25) is 0 Å². The van der Waals surface area contributed by atoms with Crippen molar-refractivity contribution in [2.45, 2.75) is 26.3 Å². The lowest BCUT2D eigenvalue weighted by Crippen LogP contribution is -2.07. The minimum atomic E-state index is 0.250. The SMILES string of the molecule is CC[C@H](N)c1sccc1C. The molecule has 0 aliphatic heterocycles. The molecule has 10 heavy (non-hydrogen) atoms. The quantitative estimate of drug-likeness (QED) is 0.697. The van der Waals surface area contributed by atoms with Gasteiger partial charge in [0.25, 0.3) is 0 Å². The van der Waals surface area contributed by atoms with Crippen molar-refractivity contribution in [3.05, 3.63) is 21.9 Å². The predicted molar refractivity (Wildman–Crippen MR) is 46.3 cm³/mol. The molecule has 56 valence electrons. The second-order valence-corrected chi connectivity index (χ2v) is 3.43. The van der Waals surface area contributed by atoms with Gasteiger partial charge in [-0.2, -0.15) is 0 Å². The third-order valence-electron chi connectivity index (χ3n) is 1.68. The molecule has 1 aromatic rings. The molecule has 1 nitrogen and oxygen atoms in total. The van der Waals surface area contributed by atoms with Crippen LogP contribution in [-0.2, 0) is 0 Å². The lowest BCUT2D eigenvalue weighted by molar-refractivity contribution is 0.708. The normalized spacial score (nSPS) is 13.5. The second-order valence-electron chi connectivity index (χ2n) is 2.48. The fourth-order valence-electron chi connectivity index (χ4n) is 0.950. The highest BCUT2D eigenvalue weighted by Crippen LogP contribution is 2.23. The number of nitrogens with two attached hydrogens (primary N) is 1. The van der Waals surface area contributed by atoms with Crippen molar-refractivity contribution in [2.24, 2.45) is 5.73 Å². The third-order valence-corrected chi connectivity index (χ3v) is 2.83. The summed E-state index contributed by atoms with van der Waals surface area (Å²) in [5.41, 5.74) is 7.18. The molecule has 1 atom stereocenters. The zero-order valence-corrected chi connectivity index (χ0v) is 7.24. The van der Waals surface area contributed by atoms with E-state index in [0.717, 1.165) is 6.42 Å². The molecule has 0 amide bonds. The van der Waals surface area contributed by atoms with Crippen LogP contribution in [0, 0.1) is 6.92 Å². The Morgan fingerprint density at radius 2 is 2.40 bits per heavy atom. The van der Waals surface area contributed by atoms with E-state index in [-0.39, 0.29) is 6.04 Å². The van der Waals surface area contributed by atoms with E-state index in [1.165, 1.54) is 10.4 Å². The Morgan fingerprint density at radius 3 is 2.80 bits per heavy atom. The Balaban J connectivity index is 2.82. The second kappa shape index (κ2) is 3.17. The highest BCUT2D eigenvalue weighted by atomic mass is 32.1. The molecule has 0 fully saturated rings. The average molecular weight is 155 g/mol. The zero-order chi connectivity index (χ0) is 7.56. The molecule has 0 saturated carbocycles. The molecule has 2 heteroatoms. The van der Waals surface area contributed by atoms with E-state index in [1.807, 2.05) is 0 Å². The summed E-state index contributed by atoms with van der Waals surface area (Å²) in [6.45, 7) is 4.23. The van der Waals surface area contributed by atoms with Crippen molar-refractivity contribution in [3.8, 4) is 0 Å². The standard InChI is InChI=1S/C8H13NS/c1-3-7(9)8-6(2)4-5-10-8/h4-5,7H,3,9H2,1-2H3/t7-/m0/s1. The summed E-state index contributed by atoms with van der Waals surface area (Å²) in [5.74, 6) is 0. The van der Waals surface area contributed by atoms with Crippen LogP contribution in [0.15, 0.2) is 11.4 Å². The number of hydrogen-bond acceptors (Lipinski definition) is 2. The van der Waals surface area contributed by atoms with E-state index >= 15 is 0 Å². The van der Waals surface area contributed by atoms with E-state index < -0.39 is 0 Å². The molecule has 0 spiro atoms. The predicted octanol–water partition coefficient (Wildman–Crippen LogP) is 2.47. The van der Waals surface area contributed by atoms with Gasteiger partial charge >= 0.3 is 0 Å². The molecule has 1 aromatic heterocycles. The molecule has 0 bridgehead atoms. The van der Waals surface area contributed by atoms with Gasteiger partial charge in [-0.05, 0) is 30.4 Å². The zero-order valence-electron chi connectivity index (χ0n) is 6.42. The van der Waals surface area contributed by atoms with Crippen LogP contribution in [0.25, 0.3) is 0 Å². The number of aryl methyl sites for hydroxylation is 1. The summed E-state index contributed by atoms with van der Waals surface area (Å²) < 4.78 is 0. The molecule has 0 unspecified atom stereocenters. The van der Waals surface area contributed by atoms with Crippen LogP contribution in [0.2, 0.25) is 0 Å². The fraction of sp³-hybridized carbons (Fsp3) is 0.500. The first kappa shape index (κ1) is 7.76. The lowest BCUT2D eigenvalue weighted by Gasteiger charge is -2.06. The van der Waals surface area contributed by atoms with Gasteiger partial charge in [0.2, 0.25) is 0 Å². The first-order valence-corrected chi connectivity index (χ1v) is 4.43. The van der Waals surface area contributed by atoms with Gasteiger partial charge in [-0.25, -0.2) is 0 Å². The lowest BCUT2D eigenvalue weighted by atomic mass is 10.1. The van der Waals surface area contributed by atoms with E-state index in [4.69, 9.17) is 5.73 Å². The van der Waals surface area contributed by atoms with Crippen LogP contribution >= 0.6 is 11.3 Å². The van der Waals surface area contributed by atoms with Crippen molar-refractivity contribution in [1.29, 1.82) is 0 Å². The van der Waals surface area contributed by atoms with Gasteiger partial charge in [-0.1, -0.05) is 6.92 Å². The number of rotatable bonds is 2. The Kier molecular flexibility index (Phi) is 2.46. The van der Waals surface area contributed by atoms with Crippen molar-refractivity contribution in [1.82, 2.24) is 0 Å². The Hall–Kier alpha value is -0.340. The molecule has 0 saturated heterocycles. The summed E-state index contributed by atoms with van der Waals surface area (Å²) in [5, 5.41) is 2.10. The summed E-state index contributed by atoms with van der Waals surface area (Å²) >= 11 is 1.76. The third kappa shape index (κ3) is 1.39. The summed E-state index contributed by atoms with van der Waals surface area (Å²) in [6.07, 6.45) is 1.03. The maximum absolute atomic E-state index is 5.85. The minimum Gasteiger partial charge on any atom is -0.323 e. The van der Waals surface area contributed by atoms with Crippen LogP contribution in [0.4, 0.5) is 0 Å². The molecule has 0 aliphatic carbocycles. The Morgan fingerprint density at radius 1 is 1.70 bits per heavy atom. The average Bonchev–Trinajstić information content (AvgIpc) is 2.34. The monoisotopic (exact) mass is 155 g/mol. The van der Waals surface area contributed by atoms with Gasteiger partial charge in [0.15, 0.2) is 0 Å². The van der Waals surface area contributed by atoms with Gasteiger partial charge in [0, 0.05) is 10.9 Å². The van der Waals surface area contributed by atoms with E-state index in [1.54, 1.807) is 11.3 Å². The minimum absolute atomic E-state index is 0.250. The smallest absolute Gasteiger partial charge is 0.0389 e. The maximum atomic E-state index is 5.85. The Labute approximate surface area is 65.9 Å². The van der Waals surface area contributed by atoms with Gasteiger partial charge in [0.05, 0.1) is 0 Å². The van der Waals surface area contributed by atoms with E-state index in [9.17, 15) is 0 Å².